The highest BCUT2D eigenvalue weighted by molar-refractivity contribution is 7.98. The molecule has 0 aromatic carbocycles. The predicted molar refractivity (Wildman–Crippen MR) is 88.6 cm³/mol. The number of carbonyl (C=O) groups is 1. The van der Waals surface area contributed by atoms with Crippen molar-refractivity contribution in [3.63, 3.8) is 0 Å². The molecule has 8 nitrogen and oxygen atoms in total. The molecule has 0 radical (unpaired) electrons. The Hall–Kier alpha value is -1.87. The van der Waals surface area contributed by atoms with Crippen molar-refractivity contribution in [1.82, 2.24) is 24.5 Å². The van der Waals surface area contributed by atoms with Gasteiger partial charge in [-0.05, 0) is 24.5 Å². The molecule has 1 fully saturated rings. The number of rotatable bonds is 5. The van der Waals surface area contributed by atoms with Gasteiger partial charge in [-0.1, -0.05) is 0 Å². The molecule has 124 valence electrons. The first-order valence-corrected chi connectivity index (χ1v) is 8.95. The van der Waals surface area contributed by atoms with E-state index in [-0.39, 0.29) is 5.91 Å². The van der Waals surface area contributed by atoms with Crippen molar-refractivity contribution < 1.29 is 9.90 Å². The fourth-order valence-corrected chi connectivity index (χ4v) is 3.17. The summed E-state index contributed by atoms with van der Waals surface area (Å²) in [6.07, 6.45) is 4.94. The molecule has 1 atom stereocenters. The number of anilines is 1. The molecule has 3 heterocycles. The van der Waals surface area contributed by atoms with E-state index in [0.717, 1.165) is 11.6 Å². The zero-order chi connectivity index (χ0) is 16.2. The maximum Gasteiger partial charge on any atom is 0.256 e. The minimum atomic E-state index is -0.889. The summed E-state index contributed by atoms with van der Waals surface area (Å²) < 4.78 is 1.84. The molecule has 0 unspecified atom stereocenters. The van der Waals surface area contributed by atoms with Gasteiger partial charge in [-0.25, -0.2) is 4.98 Å². The van der Waals surface area contributed by atoms with Gasteiger partial charge in [-0.15, -0.1) is 10.2 Å². The normalized spacial score (nSPS) is 16.8. The van der Waals surface area contributed by atoms with Gasteiger partial charge in [0, 0.05) is 32.4 Å². The standard InChI is InChI=1S/C14H20N6O2S/c1-23-9-3-11(21)13(22)19-7-5-18(6-8-19)12-2-4-15-14-17-16-10-20(12)14/h2,4,10-11,21H,3,5-9H2,1H3/t11-/m0/s1. The quantitative estimate of drug-likeness (QED) is 0.815. The second-order valence-electron chi connectivity index (χ2n) is 5.41. The summed E-state index contributed by atoms with van der Waals surface area (Å²) in [6, 6.07) is 1.92. The molecule has 9 heteroatoms. The molecule has 1 amide bonds. The van der Waals surface area contributed by atoms with Crippen LogP contribution in [-0.4, -0.2) is 79.8 Å². The maximum absolute atomic E-state index is 12.2. The molecule has 0 saturated carbocycles. The first kappa shape index (κ1) is 16.0. The molecule has 23 heavy (non-hydrogen) atoms. The van der Waals surface area contributed by atoms with E-state index in [1.165, 1.54) is 0 Å². The lowest BCUT2D eigenvalue weighted by Gasteiger charge is -2.36. The number of hydrogen-bond donors (Lipinski definition) is 1. The summed E-state index contributed by atoms with van der Waals surface area (Å²) >= 11 is 1.63. The third-order valence-corrected chi connectivity index (χ3v) is 4.63. The van der Waals surface area contributed by atoms with E-state index in [9.17, 15) is 9.90 Å². The van der Waals surface area contributed by atoms with Crippen molar-refractivity contribution in [2.45, 2.75) is 12.5 Å². The number of hydrogen-bond acceptors (Lipinski definition) is 7. The number of aliphatic hydroxyl groups is 1. The highest BCUT2D eigenvalue weighted by Crippen LogP contribution is 2.17. The minimum absolute atomic E-state index is 0.164. The lowest BCUT2D eigenvalue weighted by Crippen LogP contribution is -2.52. The van der Waals surface area contributed by atoms with Gasteiger partial charge >= 0.3 is 0 Å². The Morgan fingerprint density at radius 3 is 2.91 bits per heavy atom. The second-order valence-corrected chi connectivity index (χ2v) is 6.40. The molecular weight excluding hydrogens is 316 g/mol. The van der Waals surface area contributed by atoms with Crippen LogP contribution in [-0.2, 0) is 4.79 Å². The van der Waals surface area contributed by atoms with Crippen molar-refractivity contribution in [2.75, 3.05) is 43.1 Å². The number of carbonyl (C=O) groups excluding carboxylic acids is 1. The average molecular weight is 336 g/mol. The summed E-state index contributed by atoms with van der Waals surface area (Å²) in [5, 5.41) is 17.8. The van der Waals surface area contributed by atoms with Crippen LogP contribution in [0.5, 0.6) is 0 Å². The Morgan fingerprint density at radius 1 is 1.39 bits per heavy atom. The molecule has 0 aliphatic carbocycles. The molecule has 1 aliphatic heterocycles. The molecule has 1 N–H and O–H groups in total. The van der Waals surface area contributed by atoms with Gasteiger partial charge in [-0.3, -0.25) is 9.20 Å². The van der Waals surface area contributed by atoms with Crippen molar-refractivity contribution in [3.05, 3.63) is 18.6 Å². The zero-order valence-corrected chi connectivity index (χ0v) is 13.8. The van der Waals surface area contributed by atoms with E-state index in [1.807, 2.05) is 16.7 Å². The highest BCUT2D eigenvalue weighted by atomic mass is 32.2. The first-order chi connectivity index (χ1) is 11.2. The van der Waals surface area contributed by atoms with Gasteiger partial charge < -0.3 is 14.9 Å². The smallest absolute Gasteiger partial charge is 0.256 e. The van der Waals surface area contributed by atoms with Crippen LogP contribution in [0.25, 0.3) is 5.78 Å². The molecule has 2 aromatic heterocycles. The fourth-order valence-electron chi connectivity index (χ4n) is 2.71. The van der Waals surface area contributed by atoms with Crippen molar-refractivity contribution in [2.24, 2.45) is 0 Å². The van der Waals surface area contributed by atoms with Crippen LogP contribution in [0.2, 0.25) is 0 Å². The van der Waals surface area contributed by atoms with Crippen LogP contribution < -0.4 is 4.90 Å². The number of aromatic nitrogens is 4. The number of nitrogens with zero attached hydrogens (tertiary/aromatic N) is 6. The molecule has 2 aromatic rings. The number of aliphatic hydroxyl groups excluding tert-OH is 1. The SMILES string of the molecule is CSCC[C@H](O)C(=O)N1CCN(c2ccnc3nncn23)CC1. The average Bonchev–Trinajstić information content (AvgIpc) is 3.08. The van der Waals surface area contributed by atoms with E-state index in [4.69, 9.17) is 0 Å². The number of thioether (sulfide) groups is 1. The summed E-state index contributed by atoms with van der Waals surface area (Å²) in [5.41, 5.74) is 0. The summed E-state index contributed by atoms with van der Waals surface area (Å²) in [4.78, 5) is 20.3. The third-order valence-electron chi connectivity index (χ3n) is 3.99. The van der Waals surface area contributed by atoms with E-state index >= 15 is 0 Å². The summed E-state index contributed by atoms with van der Waals surface area (Å²) in [7, 11) is 0. The van der Waals surface area contributed by atoms with Crippen LogP contribution in [0.1, 0.15) is 6.42 Å². The predicted octanol–water partition coefficient (Wildman–Crippen LogP) is -0.113. The monoisotopic (exact) mass is 336 g/mol. The Balaban J connectivity index is 1.62. The van der Waals surface area contributed by atoms with E-state index in [2.05, 4.69) is 20.1 Å². The van der Waals surface area contributed by atoms with Crippen LogP contribution in [0.4, 0.5) is 5.82 Å². The minimum Gasteiger partial charge on any atom is -0.383 e. The second kappa shape index (κ2) is 7.14. The van der Waals surface area contributed by atoms with Gasteiger partial charge in [0.05, 0.1) is 0 Å². The van der Waals surface area contributed by atoms with Crippen LogP contribution in [0, 0.1) is 0 Å². The third kappa shape index (κ3) is 3.40. The molecular formula is C14H20N6O2S. The number of piperazine rings is 1. The van der Waals surface area contributed by atoms with Crippen molar-refractivity contribution in [3.8, 4) is 0 Å². The topological polar surface area (TPSA) is 86.9 Å². The molecule has 0 bridgehead atoms. The fraction of sp³-hybridized carbons (Fsp3) is 0.571. The molecule has 1 aliphatic rings. The highest BCUT2D eigenvalue weighted by Gasteiger charge is 2.26. The van der Waals surface area contributed by atoms with Crippen molar-refractivity contribution >= 4 is 29.3 Å². The first-order valence-electron chi connectivity index (χ1n) is 7.56. The lowest BCUT2D eigenvalue weighted by atomic mass is 10.2. The van der Waals surface area contributed by atoms with Crippen LogP contribution >= 0.6 is 11.8 Å². The summed E-state index contributed by atoms with van der Waals surface area (Å²) in [5.74, 6) is 2.15. The van der Waals surface area contributed by atoms with E-state index < -0.39 is 6.10 Å². The number of amides is 1. The van der Waals surface area contributed by atoms with E-state index in [1.54, 1.807) is 29.2 Å². The van der Waals surface area contributed by atoms with Gasteiger partial charge in [0.1, 0.15) is 18.2 Å². The molecule has 0 spiro atoms. The van der Waals surface area contributed by atoms with E-state index in [0.29, 0.717) is 38.4 Å². The molecule has 3 rings (SSSR count). The van der Waals surface area contributed by atoms with Crippen LogP contribution in [0.15, 0.2) is 18.6 Å². The van der Waals surface area contributed by atoms with Crippen molar-refractivity contribution in [1.29, 1.82) is 0 Å². The number of fused-ring (bicyclic) bond motifs is 1. The van der Waals surface area contributed by atoms with Gasteiger partial charge in [-0.2, -0.15) is 11.8 Å². The van der Waals surface area contributed by atoms with Crippen LogP contribution in [0.3, 0.4) is 0 Å². The summed E-state index contributed by atoms with van der Waals surface area (Å²) in [6.45, 7) is 2.61. The van der Waals surface area contributed by atoms with Gasteiger partial charge in [0.2, 0.25) is 0 Å². The maximum atomic E-state index is 12.2. The zero-order valence-electron chi connectivity index (χ0n) is 13.0. The lowest BCUT2D eigenvalue weighted by molar-refractivity contribution is -0.140. The Bertz CT molecular complexity index is 670. The molecule has 1 saturated heterocycles. The Labute approximate surface area is 138 Å². The Morgan fingerprint density at radius 2 is 2.17 bits per heavy atom. The Kier molecular flexibility index (Phi) is 4.97. The largest absolute Gasteiger partial charge is 0.383 e. The van der Waals surface area contributed by atoms with Gasteiger partial charge in [0.25, 0.3) is 11.7 Å². The van der Waals surface area contributed by atoms with Gasteiger partial charge in [0.15, 0.2) is 0 Å².